The van der Waals surface area contributed by atoms with E-state index in [-0.39, 0.29) is 0 Å². The number of rotatable bonds is 7. The molecule has 0 atom stereocenters. The molecule has 0 amide bonds. The quantitative estimate of drug-likeness (QED) is 0.510. The first-order valence-electron chi connectivity index (χ1n) is 11.3. The fourth-order valence-electron chi connectivity index (χ4n) is 3.22. The average Bonchev–Trinajstić information content (AvgIpc) is 2.80. The molecular weight excluding hydrogens is 340 g/mol. The lowest BCUT2D eigenvalue weighted by Gasteiger charge is -2.08. The van der Waals surface area contributed by atoms with E-state index in [9.17, 15) is 0 Å². The Hall–Kier alpha value is -1.83. The molecule has 0 aliphatic carbocycles. The van der Waals surface area contributed by atoms with E-state index < -0.39 is 0 Å². The van der Waals surface area contributed by atoms with E-state index in [2.05, 4.69) is 75.3 Å². The molecule has 0 radical (unpaired) electrons. The molecule has 0 bridgehead atoms. The van der Waals surface area contributed by atoms with Crippen molar-refractivity contribution in [1.29, 1.82) is 0 Å². The zero-order valence-electron chi connectivity index (χ0n) is 19.0. The molecule has 2 heteroatoms. The molecule has 2 nitrogen and oxygen atoms in total. The third kappa shape index (κ3) is 10.5. The Morgan fingerprint density at radius 3 is 2.43 bits per heavy atom. The monoisotopic (exact) mass is 382 g/mol. The molecule has 1 aliphatic heterocycles. The van der Waals surface area contributed by atoms with Crippen molar-refractivity contribution in [3.63, 3.8) is 0 Å². The van der Waals surface area contributed by atoms with Crippen LogP contribution < -0.4 is 5.32 Å². The first-order valence-corrected chi connectivity index (χ1v) is 11.3. The van der Waals surface area contributed by atoms with Gasteiger partial charge in [0.05, 0.1) is 0 Å². The lowest BCUT2D eigenvalue weighted by molar-refractivity contribution is 0.656. The van der Waals surface area contributed by atoms with Crippen LogP contribution in [0.3, 0.4) is 0 Å². The van der Waals surface area contributed by atoms with Gasteiger partial charge < -0.3 is 5.32 Å². The number of aryl methyl sites for hydroxylation is 1. The van der Waals surface area contributed by atoms with E-state index in [1.807, 2.05) is 6.20 Å². The fraction of sp³-hybridized carbons (Fsp3) is 0.577. The summed E-state index contributed by atoms with van der Waals surface area (Å²) in [5, 5.41) is 3.47. The van der Waals surface area contributed by atoms with Crippen LogP contribution in [-0.2, 0) is 0 Å². The Bertz CT molecular complexity index is 616. The van der Waals surface area contributed by atoms with Crippen LogP contribution in [0.15, 0.2) is 47.2 Å². The van der Waals surface area contributed by atoms with Gasteiger partial charge in [0.1, 0.15) is 0 Å². The van der Waals surface area contributed by atoms with E-state index in [1.54, 1.807) is 0 Å². The van der Waals surface area contributed by atoms with E-state index in [4.69, 9.17) is 0 Å². The van der Waals surface area contributed by atoms with E-state index in [0.29, 0.717) is 0 Å². The zero-order chi connectivity index (χ0) is 20.6. The summed E-state index contributed by atoms with van der Waals surface area (Å²) in [6, 6.07) is 8.84. The molecule has 1 aromatic carbocycles. The highest BCUT2D eigenvalue weighted by atomic mass is 14.9. The number of nitrogens with one attached hydrogen (secondary N) is 1. The Balaban J connectivity index is 0.000000280. The maximum Gasteiger partial charge on any atom is 0.0456 e. The highest BCUT2D eigenvalue weighted by Gasteiger charge is 2.00. The Morgan fingerprint density at radius 2 is 1.79 bits per heavy atom. The Morgan fingerprint density at radius 1 is 1.04 bits per heavy atom. The molecule has 0 aromatic heterocycles. The zero-order valence-corrected chi connectivity index (χ0v) is 19.0. The maximum absolute atomic E-state index is 4.47. The van der Waals surface area contributed by atoms with Gasteiger partial charge >= 0.3 is 0 Å². The summed E-state index contributed by atoms with van der Waals surface area (Å²) in [4.78, 5) is 4.47. The van der Waals surface area contributed by atoms with Gasteiger partial charge in [-0.1, -0.05) is 69.5 Å². The summed E-state index contributed by atoms with van der Waals surface area (Å²) in [5.74, 6) is 0. The molecular formula is C26H42N2. The normalized spacial score (nSPS) is 17.0. The number of benzene rings is 1. The smallest absolute Gasteiger partial charge is 0.0456 e. The molecule has 0 fully saturated rings. The van der Waals surface area contributed by atoms with Crippen LogP contribution in [0.25, 0.3) is 5.57 Å². The molecule has 1 aliphatic rings. The minimum absolute atomic E-state index is 1.11. The summed E-state index contributed by atoms with van der Waals surface area (Å²) in [7, 11) is 0. The summed E-state index contributed by atoms with van der Waals surface area (Å²) in [6.45, 7) is 12.0. The summed E-state index contributed by atoms with van der Waals surface area (Å²) in [5.41, 5.74) is 6.80. The van der Waals surface area contributed by atoms with E-state index >= 15 is 0 Å². The summed E-state index contributed by atoms with van der Waals surface area (Å²) < 4.78 is 0. The number of hydrogen-bond donors (Lipinski definition) is 1. The van der Waals surface area contributed by atoms with Crippen molar-refractivity contribution in [1.82, 2.24) is 5.32 Å². The van der Waals surface area contributed by atoms with E-state index in [1.165, 1.54) is 66.6 Å². The molecule has 0 unspecified atom stereocenters. The number of hydrogen-bond acceptors (Lipinski definition) is 2. The second-order valence-electron chi connectivity index (χ2n) is 7.76. The Kier molecular flexibility index (Phi) is 13.1. The molecule has 156 valence electrons. The van der Waals surface area contributed by atoms with Gasteiger partial charge in [-0.05, 0) is 69.9 Å². The van der Waals surface area contributed by atoms with E-state index in [0.717, 1.165) is 25.8 Å². The number of aliphatic imine (C=N–C) groups is 1. The molecule has 0 saturated heterocycles. The second-order valence-corrected chi connectivity index (χ2v) is 7.76. The van der Waals surface area contributed by atoms with Gasteiger partial charge in [-0.25, -0.2) is 0 Å². The maximum atomic E-state index is 4.47. The van der Waals surface area contributed by atoms with Crippen LogP contribution in [-0.4, -0.2) is 12.3 Å². The van der Waals surface area contributed by atoms with Gasteiger partial charge in [0.2, 0.25) is 0 Å². The van der Waals surface area contributed by atoms with Crippen molar-refractivity contribution in [3.8, 4) is 0 Å². The predicted octanol–water partition coefficient (Wildman–Crippen LogP) is 7.84. The van der Waals surface area contributed by atoms with Crippen LogP contribution in [0.2, 0.25) is 0 Å². The topological polar surface area (TPSA) is 24.4 Å². The van der Waals surface area contributed by atoms with Gasteiger partial charge in [0.15, 0.2) is 0 Å². The molecule has 0 saturated carbocycles. The minimum atomic E-state index is 1.11. The second kappa shape index (κ2) is 15.1. The van der Waals surface area contributed by atoms with Gasteiger partial charge in [-0.3, -0.25) is 4.99 Å². The number of allylic oxidation sites excluding steroid dienone is 3. The Labute approximate surface area is 174 Å². The van der Waals surface area contributed by atoms with Gasteiger partial charge in [0, 0.05) is 24.2 Å². The number of unbranched alkanes of at least 4 members (excludes halogenated alkanes) is 1. The van der Waals surface area contributed by atoms with Crippen molar-refractivity contribution < 1.29 is 0 Å². The van der Waals surface area contributed by atoms with Crippen LogP contribution in [0.5, 0.6) is 0 Å². The van der Waals surface area contributed by atoms with Gasteiger partial charge in [-0.15, -0.1) is 0 Å². The first-order chi connectivity index (χ1) is 13.6. The lowest BCUT2D eigenvalue weighted by atomic mass is 9.99. The van der Waals surface area contributed by atoms with Gasteiger partial charge in [0.25, 0.3) is 0 Å². The van der Waals surface area contributed by atoms with Crippen LogP contribution in [0, 0.1) is 6.92 Å². The van der Waals surface area contributed by atoms with Crippen molar-refractivity contribution >= 4 is 11.3 Å². The lowest BCUT2D eigenvalue weighted by Crippen LogP contribution is -2.14. The number of nitrogens with zero attached hydrogens (tertiary/aromatic N) is 1. The van der Waals surface area contributed by atoms with Crippen molar-refractivity contribution in [3.05, 3.63) is 53.4 Å². The SMILES string of the molecule is CC/C=C(\CCC)c1ccc(C)cc1.CCCC/C1=C/N=C(C)CCCCN1. The predicted molar refractivity (Wildman–Crippen MR) is 127 cm³/mol. The molecule has 28 heavy (non-hydrogen) atoms. The van der Waals surface area contributed by atoms with Gasteiger partial charge in [-0.2, -0.15) is 0 Å². The molecule has 1 heterocycles. The highest BCUT2D eigenvalue weighted by Crippen LogP contribution is 2.20. The standard InChI is InChI=1S/C14H20.C12H22N2/c1-4-6-13(7-5-2)14-10-8-12(3)9-11-14;1-3-4-8-12-10-14-11(2)7-5-6-9-13-12/h6,8-11H,4-5,7H2,1-3H3;10,13H,3-9H2,1-2H3/b13-6+;12-10-,14-11?. The summed E-state index contributed by atoms with van der Waals surface area (Å²) in [6.07, 6.45) is 15.2. The average molecular weight is 383 g/mol. The first kappa shape index (κ1) is 24.2. The van der Waals surface area contributed by atoms with Crippen molar-refractivity contribution in [2.24, 2.45) is 4.99 Å². The molecule has 1 N–H and O–H groups in total. The van der Waals surface area contributed by atoms with Crippen molar-refractivity contribution in [2.45, 2.75) is 92.4 Å². The minimum Gasteiger partial charge on any atom is -0.387 e. The fourth-order valence-corrected chi connectivity index (χ4v) is 3.22. The molecule has 2 rings (SSSR count). The van der Waals surface area contributed by atoms with Crippen LogP contribution in [0.1, 0.15) is 96.6 Å². The molecule has 1 aromatic rings. The third-order valence-electron chi connectivity index (χ3n) is 4.95. The van der Waals surface area contributed by atoms with Crippen LogP contribution in [0.4, 0.5) is 0 Å². The highest BCUT2D eigenvalue weighted by molar-refractivity contribution is 5.82. The third-order valence-corrected chi connectivity index (χ3v) is 4.95. The summed E-state index contributed by atoms with van der Waals surface area (Å²) >= 11 is 0. The van der Waals surface area contributed by atoms with Crippen LogP contribution >= 0.6 is 0 Å². The largest absolute Gasteiger partial charge is 0.387 e. The van der Waals surface area contributed by atoms with Crippen molar-refractivity contribution in [2.75, 3.05) is 6.54 Å². The molecule has 0 spiro atoms.